The van der Waals surface area contributed by atoms with Crippen molar-refractivity contribution in [1.82, 2.24) is 0 Å². The van der Waals surface area contributed by atoms with Crippen LogP contribution in [-0.2, 0) is 4.79 Å². The minimum atomic E-state index is -0.657. The van der Waals surface area contributed by atoms with E-state index < -0.39 is 5.97 Å². The Kier molecular flexibility index (Phi) is 5.88. The molecule has 2 heteroatoms. The fourth-order valence-electron chi connectivity index (χ4n) is 3.93. The highest BCUT2D eigenvalue weighted by Gasteiger charge is 2.37. The summed E-state index contributed by atoms with van der Waals surface area (Å²) >= 11 is 0. The topological polar surface area (TPSA) is 37.3 Å². The molecule has 1 atom stereocenters. The second-order valence-electron chi connectivity index (χ2n) is 7.56. The molecule has 1 aliphatic rings. The van der Waals surface area contributed by atoms with Crippen LogP contribution in [0.4, 0.5) is 0 Å². The SMILES string of the molecule is CCC(C)(CCC(=O)O)CC(C)(C)C1CCCCC1. The molecule has 1 unspecified atom stereocenters. The van der Waals surface area contributed by atoms with Gasteiger partial charge in [0.25, 0.3) is 0 Å². The molecule has 0 amide bonds. The maximum absolute atomic E-state index is 10.8. The van der Waals surface area contributed by atoms with Crippen LogP contribution in [0.5, 0.6) is 0 Å². The van der Waals surface area contributed by atoms with E-state index in [2.05, 4.69) is 27.7 Å². The van der Waals surface area contributed by atoms with E-state index in [-0.39, 0.29) is 5.41 Å². The van der Waals surface area contributed by atoms with Crippen LogP contribution in [0.25, 0.3) is 0 Å². The fraction of sp³-hybridized carbons (Fsp3) is 0.941. The minimum absolute atomic E-state index is 0.180. The Morgan fingerprint density at radius 2 is 1.74 bits per heavy atom. The number of carboxylic acid groups (broad SMARTS) is 1. The molecular formula is C17H32O2. The number of hydrogen-bond acceptors (Lipinski definition) is 1. The summed E-state index contributed by atoms with van der Waals surface area (Å²) in [5.74, 6) is 0.173. The van der Waals surface area contributed by atoms with Crippen LogP contribution in [-0.4, -0.2) is 11.1 Å². The van der Waals surface area contributed by atoms with Crippen molar-refractivity contribution in [3.8, 4) is 0 Å². The molecule has 1 aliphatic carbocycles. The molecule has 0 aliphatic heterocycles. The van der Waals surface area contributed by atoms with Gasteiger partial charge in [-0.05, 0) is 42.4 Å². The maximum atomic E-state index is 10.8. The van der Waals surface area contributed by atoms with Gasteiger partial charge in [-0.1, -0.05) is 53.4 Å². The third-order valence-electron chi connectivity index (χ3n) is 5.39. The third-order valence-corrected chi connectivity index (χ3v) is 5.39. The summed E-state index contributed by atoms with van der Waals surface area (Å²) in [5, 5.41) is 8.92. The third kappa shape index (κ3) is 5.16. The van der Waals surface area contributed by atoms with E-state index in [1.54, 1.807) is 0 Å². The molecule has 0 bridgehead atoms. The zero-order chi connectivity index (χ0) is 14.5. The van der Waals surface area contributed by atoms with Gasteiger partial charge < -0.3 is 5.11 Å². The van der Waals surface area contributed by atoms with Gasteiger partial charge >= 0.3 is 5.97 Å². The molecule has 0 aromatic carbocycles. The van der Waals surface area contributed by atoms with Crippen LogP contribution >= 0.6 is 0 Å². The van der Waals surface area contributed by atoms with Gasteiger partial charge in [-0.3, -0.25) is 4.79 Å². The van der Waals surface area contributed by atoms with Crippen LogP contribution in [0.15, 0.2) is 0 Å². The van der Waals surface area contributed by atoms with Gasteiger partial charge in [0.05, 0.1) is 0 Å². The number of hydrogen-bond donors (Lipinski definition) is 1. The lowest BCUT2D eigenvalue weighted by Gasteiger charge is -2.43. The predicted octanol–water partition coefficient (Wildman–Crippen LogP) is 5.26. The average molecular weight is 268 g/mol. The first kappa shape index (κ1) is 16.5. The molecule has 0 heterocycles. The average Bonchev–Trinajstić information content (AvgIpc) is 2.37. The number of rotatable bonds is 7. The largest absolute Gasteiger partial charge is 0.481 e. The molecular weight excluding hydrogens is 236 g/mol. The van der Waals surface area contributed by atoms with Gasteiger partial charge in [0, 0.05) is 6.42 Å². The van der Waals surface area contributed by atoms with E-state index in [9.17, 15) is 4.79 Å². The Balaban J connectivity index is 2.63. The second-order valence-corrected chi connectivity index (χ2v) is 7.56. The molecule has 0 aromatic heterocycles. The molecule has 0 radical (unpaired) electrons. The van der Waals surface area contributed by atoms with Crippen LogP contribution in [0.3, 0.4) is 0 Å². The van der Waals surface area contributed by atoms with Gasteiger partial charge in [-0.2, -0.15) is 0 Å². The van der Waals surface area contributed by atoms with Crippen molar-refractivity contribution in [1.29, 1.82) is 0 Å². The van der Waals surface area contributed by atoms with E-state index in [1.807, 2.05) is 0 Å². The quantitative estimate of drug-likeness (QED) is 0.683. The lowest BCUT2D eigenvalue weighted by molar-refractivity contribution is -0.137. The minimum Gasteiger partial charge on any atom is -0.481 e. The van der Waals surface area contributed by atoms with Gasteiger partial charge in [0.15, 0.2) is 0 Å². The molecule has 0 saturated heterocycles. The Morgan fingerprint density at radius 3 is 2.21 bits per heavy atom. The van der Waals surface area contributed by atoms with E-state index in [0.717, 1.165) is 25.2 Å². The number of carboxylic acids is 1. The van der Waals surface area contributed by atoms with E-state index >= 15 is 0 Å². The maximum Gasteiger partial charge on any atom is 0.303 e. The summed E-state index contributed by atoms with van der Waals surface area (Å²) in [6.45, 7) is 9.29. The standard InChI is InChI=1S/C17H32O2/c1-5-17(4,12-11-15(18)19)13-16(2,3)14-9-7-6-8-10-14/h14H,5-13H2,1-4H3,(H,18,19). The first-order valence-electron chi connectivity index (χ1n) is 8.01. The van der Waals surface area contributed by atoms with E-state index in [1.165, 1.54) is 32.1 Å². The van der Waals surface area contributed by atoms with Crippen molar-refractivity contribution in [2.24, 2.45) is 16.7 Å². The number of carbonyl (C=O) groups is 1. The highest BCUT2D eigenvalue weighted by molar-refractivity contribution is 5.66. The first-order valence-corrected chi connectivity index (χ1v) is 8.01. The Hall–Kier alpha value is -0.530. The summed E-state index contributed by atoms with van der Waals surface area (Å²) in [7, 11) is 0. The van der Waals surface area contributed by atoms with Crippen molar-refractivity contribution in [3.05, 3.63) is 0 Å². The van der Waals surface area contributed by atoms with Gasteiger partial charge in [-0.15, -0.1) is 0 Å². The molecule has 1 N–H and O–H groups in total. The van der Waals surface area contributed by atoms with Crippen molar-refractivity contribution in [2.45, 2.75) is 85.5 Å². The van der Waals surface area contributed by atoms with Crippen LogP contribution in [0.1, 0.15) is 85.5 Å². The molecule has 0 spiro atoms. The Morgan fingerprint density at radius 1 is 1.16 bits per heavy atom. The van der Waals surface area contributed by atoms with Crippen LogP contribution in [0.2, 0.25) is 0 Å². The monoisotopic (exact) mass is 268 g/mol. The summed E-state index contributed by atoms with van der Waals surface area (Å²) in [6, 6.07) is 0. The molecule has 1 saturated carbocycles. The zero-order valence-electron chi connectivity index (χ0n) is 13.3. The van der Waals surface area contributed by atoms with Gasteiger partial charge in [0.2, 0.25) is 0 Å². The zero-order valence-corrected chi connectivity index (χ0v) is 13.3. The first-order chi connectivity index (χ1) is 8.79. The molecule has 19 heavy (non-hydrogen) atoms. The second kappa shape index (κ2) is 6.76. The Labute approximate surface area is 119 Å². The van der Waals surface area contributed by atoms with E-state index in [4.69, 9.17) is 5.11 Å². The molecule has 1 rings (SSSR count). The van der Waals surface area contributed by atoms with Crippen LogP contribution < -0.4 is 0 Å². The predicted molar refractivity (Wildman–Crippen MR) is 80.2 cm³/mol. The smallest absolute Gasteiger partial charge is 0.303 e. The van der Waals surface area contributed by atoms with Crippen molar-refractivity contribution in [2.75, 3.05) is 0 Å². The fourth-order valence-corrected chi connectivity index (χ4v) is 3.93. The van der Waals surface area contributed by atoms with Crippen molar-refractivity contribution < 1.29 is 9.90 Å². The highest BCUT2D eigenvalue weighted by atomic mass is 16.4. The lowest BCUT2D eigenvalue weighted by atomic mass is 9.62. The summed E-state index contributed by atoms with van der Waals surface area (Å²) in [4.78, 5) is 10.8. The molecule has 1 fully saturated rings. The van der Waals surface area contributed by atoms with Crippen molar-refractivity contribution >= 4 is 5.97 Å². The highest BCUT2D eigenvalue weighted by Crippen LogP contribution is 2.47. The molecule has 0 aromatic rings. The lowest BCUT2D eigenvalue weighted by Crippen LogP contribution is -2.33. The molecule has 2 nitrogen and oxygen atoms in total. The summed E-state index contributed by atoms with van der Waals surface area (Å²) in [5.41, 5.74) is 0.531. The van der Waals surface area contributed by atoms with Gasteiger partial charge in [0.1, 0.15) is 0 Å². The van der Waals surface area contributed by atoms with Crippen LogP contribution in [0, 0.1) is 16.7 Å². The van der Waals surface area contributed by atoms with Gasteiger partial charge in [-0.25, -0.2) is 0 Å². The van der Waals surface area contributed by atoms with E-state index in [0.29, 0.717) is 11.8 Å². The molecule has 112 valence electrons. The Bertz CT molecular complexity index is 290. The normalized spacial score (nSPS) is 21.1. The number of aliphatic carboxylic acids is 1. The summed E-state index contributed by atoms with van der Waals surface area (Å²) < 4.78 is 0. The van der Waals surface area contributed by atoms with Crippen molar-refractivity contribution in [3.63, 3.8) is 0 Å². The summed E-state index contributed by atoms with van der Waals surface area (Å²) in [6.07, 6.45) is 10.3.